The van der Waals surface area contributed by atoms with Crippen LogP contribution in [0.2, 0.25) is 0 Å². The average Bonchev–Trinajstić information content (AvgIpc) is 3.07. The van der Waals surface area contributed by atoms with Gasteiger partial charge in [-0.05, 0) is 30.2 Å². The molecule has 0 N–H and O–H groups in total. The molecular weight excluding hydrogens is 336 g/mol. The summed E-state index contributed by atoms with van der Waals surface area (Å²) in [5.74, 6) is 0.807. The second-order valence-electron chi connectivity index (χ2n) is 6.34. The van der Waals surface area contributed by atoms with E-state index < -0.39 is 0 Å². The molecule has 0 fully saturated rings. The fourth-order valence-corrected chi connectivity index (χ4v) is 4.53. The first-order valence-corrected chi connectivity index (χ1v) is 9.43. The molecule has 0 bridgehead atoms. The van der Waals surface area contributed by atoms with Gasteiger partial charge in [-0.3, -0.25) is 0 Å². The van der Waals surface area contributed by atoms with Crippen LogP contribution in [0.25, 0.3) is 42.7 Å². The van der Waals surface area contributed by atoms with Crippen LogP contribution in [0.5, 0.6) is 0 Å². The third kappa shape index (κ3) is 2.49. The summed E-state index contributed by atoms with van der Waals surface area (Å²) in [6.45, 7) is 1.97. The number of aryl methyl sites for hydroxylation is 1. The Morgan fingerprint density at radius 3 is 2.31 bits per heavy atom. The average molecular weight is 352 g/mol. The van der Waals surface area contributed by atoms with E-state index in [1.807, 2.05) is 13.0 Å². The summed E-state index contributed by atoms with van der Waals surface area (Å²) >= 11 is 1.77. The minimum atomic E-state index is 0.807. The Morgan fingerprint density at radius 2 is 1.42 bits per heavy atom. The monoisotopic (exact) mass is 352 g/mol. The molecule has 0 aliphatic carbocycles. The van der Waals surface area contributed by atoms with Gasteiger partial charge < -0.3 is 0 Å². The molecule has 124 valence electrons. The predicted octanol–water partition coefficient (Wildman–Crippen LogP) is 6.49. The summed E-state index contributed by atoms with van der Waals surface area (Å²) in [6, 6.07) is 27.5. The largest absolute Gasteiger partial charge is 0.232 e. The summed E-state index contributed by atoms with van der Waals surface area (Å²) in [5, 5.41) is 1.21. The van der Waals surface area contributed by atoms with E-state index in [1.165, 1.54) is 21.2 Å². The van der Waals surface area contributed by atoms with Crippen molar-refractivity contribution in [2.45, 2.75) is 6.92 Å². The van der Waals surface area contributed by atoms with Gasteiger partial charge in [0, 0.05) is 15.6 Å². The van der Waals surface area contributed by atoms with Crippen molar-refractivity contribution < 1.29 is 0 Å². The van der Waals surface area contributed by atoms with Gasteiger partial charge in [0.2, 0.25) is 0 Å². The second kappa shape index (κ2) is 6.04. The van der Waals surface area contributed by atoms with Crippen LogP contribution in [0, 0.1) is 6.92 Å². The summed E-state index contributed by atoms with van der Waals surface area (Å²) < 4.78 is 2.41. The fourth-order valence-electron chi connectivity index (χ4n) is 3.38. The van der Waals surface area contributed by atoms with Crippen LogP contribution in [0.3, 0.4) is 0 Å². The molecule has 0 amide bonds. The quantitative estimate of drug-likeness (QED) is 0.363. The highest BCUT2D eigenvalue weighted by Crippen LogP contribution is 2.38. The summed E-state index contributed by atoms with van der Waals surface area (Å²) in [5.41, 5.74) is 5.62. The van der Waals surface area contributed by atoms with E-state index in [0.717, 1.165) is 27.3 Å². The van der Waals surface area contributed by atoms with E-state index in [1.54, 1.807) is 11.3 Å². The van der Waals surface area contributed by atoms with Gasteiger partial charge in [-0.2, -0.15) is 0 Å². The molecule has 0 radical (unpaired) electrons. The molecule has 5 rings (SSSR count). The zero-order chi connectivity index (χ0) is 17.5. The van der Waals surface area contributed by atoms with Crippen LogP contribution in [0.15, 0.2) is 78.9 Å². The zero-order valence-corrected chi connectivity index (χ0v) is 15.1. The highest BCUT2D eigenvalue weighted by Gasteiger charge is 2.14. The van der Waals surface area contributed by atoms with Gasteiger partial charge >= 0.3 is 0 Å². The molecule has 0 aliphatic rings. The van der Waals surface area contributed by atoms with Crippen molar-refractivity contribution in [2.75, 3.05) is 0 Å². The summed E-state index contributed by atoms with van der Waals surface area (Å²) in [7, 11) is 0. The summed E-state index contributed by atoms with van der Waals surface area (Å²) in [6.07, 6.45) is 0. The first-order valence-electron chi connectivity index (χ1n) is 8.61. The topological polar surface area (TPSA) is 25.8 Å². The number of thiophene rings is 1. The maximum atomic E-state index is 4.80. The number of hydrogen-bond acceptors (Lipinski definition) is 3. The molecule has 0 unspecified atom stereocenters. The lowest BCUT2D eigenvalue weighted by atomic mass is 10.0. The Hall–Kier alpha value is -3.04. The SMILES string of the molecule is Cc1nc(-c2cccc(-c3ccccc3)c2)c2sc3ccccc3c2n1. The third-order valence-corrected chi connectivity index (χ3v) is 5.74. The van der Waals surface area contributed by atoms with E-state index in [-0.39, 0.29) is 0 Å². The molecule has 3 heteroatoms. The minimum absolute atomic E-state index is 0.807. The van der Waals surface area contributed by atoms with Gasteiger partial charge in [0.1, 0.15) is 5.82 Å². The fraction of sp³-hybridized carbons (Fsp3) is 0.0435. The Balaban J connectivity index is 1.77. The molecule has 3 aromatic carbocycles. The van der Waals surface area contributed by atoms with E-state index in [9.17, 15) is 0 Å². The maximum Gasteiger partial charge on any atom is 0.126 e. The number of aromatic nitrogens is 2. The minimum Gasteiger partial charge on any atom is -0.232 e. The van der Waals surface area contributed by atoms with Crippen molar-refractivity contribution in [3.63, 3.8) is 0 Å². The number of benzene rings is 3. The van der Waals surface area contributed by atoms with Crippen LogP contribution in [-0.4, -0.2) is 9.97 Å². The molecule has 2 aromatic heterocycles. The van der Waals surface area contributed by atoms with Crippen molar-refractivity contribution in [3.8, 4) is 22.4 Å². The second-order valence-corrected chi connectivity index (χ2v) is 7.39. The normalized spacial score (nSPS) is 11.3. The van der Waals surface area contributed by atoms with Gasteiger partial charge in [-0.25, -0.2) is 9.97 Å². The molecular formula is C23H16N2S. The molecule has 2 nitrogen and oxygen atoms in total. The molecule has 0 saturated carbocycles. The number of nitrogens with zero attached hydrogens (tertiary/aromatic N) is 2. The van der Waals surface area contributed by atoms with E-state index in [2.05, 4.69) is 72.8 Å². The first kappa shape index (κ1) is 15.2. The van der Waals surface area contributed by atoms with E-state index in [0.29, 0.717) is 0 Å². The van der Waals surface area contributed by atoms with Gasteiger partial charge in [-0.15, -0.1) is 11.3 Å². The highest BCUT2D eigenvalue weighted by atomic mass is 32.1. The van der Waals surface area contributed by atoms with Gasteiger partial charge in [-0.1, -0.05) is 66.7 Å². The summed E-state index contributed by atoms with van der Waals surface area (Å²) in [4.78, 5) is 9.53. The lowest BCUT2D eigenvalue weighted by molar-refractivity contribution is 1.10. The Kier molecular flexibility index (Phi) is 3.54. The van der Waals surface area contributed by atoms with Gasteiger partial charge in [0.05, 0.1) is 15.9 Å². The number of hydrogen-bond donors (Lipinski definition) is 0. The molecule has 0 spiro atoms. The first-order chi connectivity index (χ1) is 12.8. The molecule has 0 saturated heterocycles. The lowest BCUT2D eigenvalue weighted by Crippen LogP contribution is -1.92. The van der Waals surface area contributed by atoms with Gasteiger partial charge in [0.15, 0.2) is 0 Å². The Labute approximate surface area is 155 Å². The predicted molar refractivity (Wildman–Crippen MR) is 111 cm³/mol. The third-order valence-electron chi connectivity index (χ3n) is 4.57. The molecule has 2 heterocycles. The van der Waals surface area contributed by atoms with Crippen molar-refractivity contribution >= 4 is 31.6 Å². The van der Waals surface area contributed by atoms with Crippen molar-refractivity contribution in [1.29, 1.82) is 0 Å². The zero-order valence-electron chi connectivity index (χ0n) is 14.3. The molecule has 26 heavy (non-hydrogen) atoms. The standard InChI is InChI=1S/C23H16N2S/c1-15-24-21(23-22(25-15)19-12-5-6-13-20(19)26-23)18-11-7-10-17(14-18)16-8-3-2-4-9-16/h2-14H,1H3. The molecule has 0 atom stereocenters. The molecule has 0 aliphatic heterocycles. The highest BCUT2D eigenvalue weighted by molar-refractivity contribution is 7.26. The maximum absolute atomic E-state index is 4.80. The lowest BCUT2D eigenvalue weighted by Gasteiger charge is -2.07. The van der Waals surface area contributed by atoms with Crippen molar-refractivity contribution in [1.82, 2.24) is 9.97 Å². The Bertz CT molecular complexity index is 1240. The van der Waals surface area contributed by atoms with Crippen molar-refractivity contribution in [2.24, 2.45) is 0 Å². The smallest absolute Gasteiger partial charge is 0.126 e. The number of fused-ring (bicyclic) bond motifs is 3. The van der Waals surface area contributed by atoms with Crippen LogP contribution >= 0.6 is 11.3 Å². The van der Waals surface area contributed by atoms with Crippen molar-refractivity contribution in [3.05, 3.63) is 84.7 Å². The van der Waals surface area contributed by atoms with E-state index in [4.69, 9.17) is 9.97 Å². The van der Waals surface area contributed by atoms with Crippen LogP contribution < -0.4 is 0 Å². The van der Waals surface area contributed by atoms with E-state index >= 15 is 0 Å². The van der Waals surface area contributed by atoms with Crippen LogP contribution in [0.1, 0.15) is 5.82 Å². The number of rotatable bonds is 2. The Morgan fingerprint density at radius 1 is 0.692 bits per heavy atom. The van der Waals surface area contributed by atoms with Crippen LogP contribution in [0.4, 0.5) is 0 Å². The molecule has 5 aromatic rings. The van der Waals surface area contributed by atoms with Crippen LogP contribution in [-0.2, 0) is 0 Å². The van der Waals surface area contributed by atoms with Gasteiger partial charge in [0.25, 0.3) is 0 Å².